The lowest BCUT2D eigenvalue weighted by Gasteiger charge is -2.39. The van der Waals surface area contributed by atoms with Crippen LogP contribution in [0.3, 0.4) is 0 Å². The van der Waals surface area contributed by atoms with Gasteiger partial charge in [0.05, 0.1) is 0 Å². The summed E-state index contributed by atoms with van der Waals surface area (Å²) in [6.45, 7) is 6.11. The Balaban J connectivity index is 1.56. The smallest absolute Gasteiger partial charge is 0.410 e. The fraction of sp³-hybridized carbons (Fsp3) is 0.600. The zero-order valence-corrected chi connectivity index (χ0v) is 16.4. The van der Waals surface area contributed by atoms with E-state index in [4.69, 9.17) is 16.3 Å². The van der Waals surface area contributed by atoms with E-state index in [0.29, 0.717) is 24.4 Å². The Labute approximate surface area is 160 Å². The number of amides is 2. The molecule has 2 bridgehead atoms. The number of halogens is 1. The third-order valence-corrected chi connectivity index (χ3v) is 5.30. The monoisotopic (exact) mass is 378 g/mol. The molecule has 3 rings (SSSR count). The molecule has 6 heteroatoms. The number of nitrogens with zero attached hydrogens (tertiary/aromatic N) is 1. The maximum atomic E-state index is 12.6. The summed E-state index contributed by atoms with van der Waals surface area (Å²) in [6, 6.07) is 7.70. The van der Waals surface area contributed by atoms with Crippen molar-refractivity contribution in [2.45, 2.75) is 70.7 Å². The molecule has 0 spiro atoms. The van der Waals surface area contributed by atoms with Crippen LogP contribution in [-0.4, -0.2) is 34.6 Å². The van der Waals surface area contributed by atoms with Crippen LogP contribution < -0.4 is 5.32 Å². The van der Waals surface area contributed by atoms with Gasteiger partial charge in [-0.1, -0.05) is 23.7 Å². The Hall–Kier alpha value is -1.75. The van der Waals surface area contributed by atoms with Crippen molar-refractivity contribution >= 4 is 23.6 Å². The van der Waals surface area contributed by atoms with Crippen molar-refractivity contribution in [2.75, 3.05) is 0 Å². The number of benzene rings is 1. The van der Waals surface area contributed by atoms with Crippen LogP contribution in [0.5, 0.6) is 0 Å². The first-order valence-corrected chi connectivity index (χ1v) is 9.64. The van der Waals surface area contributed by atoms with Crippen LogP contribution in [0.15, 0.2) is 24.3 Å². The molecule has 2 saturated heterocycles. The van der Waals surface area contributed by atoms with Gasteiger partial charge in [0.2, 0.25) is 5.91 Å². The minimum Gasteiger partial charge on any atom is -0.444 e. The molecule has 26 heavy (non-hydrogen) atoms. The number of carbonyl (C=O) groups is 2. The summed E-state index contributed by atoms with van der Waals surface area (Å²) in [5.74, 6) is 0.0103. The molecule has 2 aliphatic heterocycles. The lowest BCUT2D eigenvalue weighted by molar-refractivity contribution is -0.127. The summed E-state index contributed by atoms with van der Waals surface area (Å²) in [4.78, 5) is 27.0. The summed E-state index contributed by atoms with van der Waals surface area (Å²) < 4.78 is 5.54. The second-order valence-corrected chi connectivity index (χ2v) is 8.73. The van der Waals surface area contributed by atoms with Crippen LogP contribution >= 0.6 is 11.6 Å². The summed E-state index contributed by atoms with van der Waals surface area (Å²) in [5.41, 5.74) is 0.488. The summed E-state index contributed by atoms with van der Waals surface area (Å²) in [6.07, 6.45) is 3.06. The van der Waals surface area contributed by atoms with Crippen LogP contribution in [0.4, 0.5) is 4.79 Å². The Morgan fingerprint density at radius 1 is 1.23 bits per heavy atom. The van der Waals surface area contributed by atoms with Crippen molar-refractivity contribution < 1.29 is 14.3 Å². The maximum absolute atomic E-state index is 12.6. The van der Waals surface area contributed by atoms with Gasteiger partial charge in [0.15, 0.2) is 0 Å². The SMILES string of the molecule is CC(C)(C)OC(=O)N1[C@@H]2CC[C@H]1C[C@H](C(=O)NCc1cccc(Cl)c1)C2. The number of ether oxygens (including phenoxy) is 1. The highest BCUT2D eigenvalue weighted by Crippen LogP contribution is 2.39. The average Bonchev–Trinajstić information content (AvgIpc) is 2.81. The highest BCUT2D eigenvalue weighted by molar-refractivity contribution is 6.30. The average molecular weight is 379 g/mol. The molecule has 5 nitrogen and oxygen atoms in total. The quantitative estimate of drug-likeness (QED) is 0.860. The van der Waals surface area contributed by atoms with E-state index in [0.717, 1.165) is 18.4 Å². The van der Waals surface area contributed by atoms with Crippen LogP contribution in [-0.2, 0) is 16.1 Å². The topological polar surface area (TPSA) is 58.6 Å². The molecule has 0 unspecified atom stereocenters. The van der Waals surface area contributed by atoms with Crippen LogP contribution in [0, 0.1) is 5.92 Å². The Kier molecular flexibility index (Phi) is 5.47. The number of hydrogen-bond donors (Lipinski definition) is 1. The van der Waals surface area contributed by atoms with Gasteiger partial charge in [-0.05, 0) is 64.2 Å². The van der Waals surface area contributed by atoms with E-state index in [9.17, 15) is 9.59 Å². The van der Waals surface area contributed by atoms with E-state index in [2.05, 4.69) is 5.32 Å². The van der Waals surface area contributed by atoms with Gasteiger partial charge in [0.1, 0.15) is 5.60 Å². The second kappa shape index (κ2) is 7.47. The second-order valence-electron chi connectivity index (χ2n) is 8.29. The first kappa shape index (κ1) is 19.0. The largest absolute Gasteiger partial charge is 0.444 e. The van der Waals surface area contributed by atoms with Crippen LogP contribution in [0.1, 0.15) is 52.0 Å². The fourth-order valence-electron chi connectivity index (χ4n) is 3.98. The number of fused-ring (bicyclic) bond motifs is 2. The van der Waals surface area contributed by atoms with Gasteiger partial charge in [0.25, 0.3) is 0 Å². The first-order valence-electron chi connectivity index (χ1n) is 9.26. The van der Waals surface area contributed by atoms with E-state index in [1.165, 1.54) is 0 Å². The van der Waals surface area contributed by atoms with Crippen molar-refractivity contribution in [3.8, 4) is 0 Å². The number of nitrogens with one attached hydrogen (secondary N) is 1. The molecule has 0 saturated carbocycles. The molecule has 0 radical (unpaired) electrons. The molecule has 1 aromatic rings. The fourth-order valence-corrected chi connectivity index (χ4v) is 4.20. The lowest BCUT2D eigenvalue weighted by atomic mass is 9.90. The van der Waals surface area contributed by atoms with Gasteiger partial charge in [-0.25, -0.2) is 4.79 Å². The molecule has 142 valence electrons. The van der Waals surface area contributed by atoms with Gasteiger partial charge in [-0.3, -0.25) is 4.79 Å². The summed E-state index contributed by atoms with van der Waals surface area (Å²) >= 11 is 5.98. The van der Waals surface area contributed by atoms with Crippen LogP contribution in [0.2, 0.25) is 5.02 Å². The van der Waals surface area contributed by atoms with Gasteiger partial charge >= 0.3 is 6.09 Å². The van der Waals surface area contributed by atoms with Crippen molar-refractivity contribution in [3.05, 3.63) is 34.9 Å². The zero-order valence-electron chi connectivity index (χ0n) is 15.6. The van der Waals surface area contributed by atoms with E-state index in [1.807, 2.05) is 49.9 Å². The Morgan fingerprint density at radius 2 is 1.88 bits per heavy atom. The molecule has 0 aromatic heterocycles. The molecule has 2 aliphatic rings. The van der Waals surface area contributed by atoms with E-state index in [-0.39, 0.29) is 30.0 Å². The molecular formula is C20H27ClN2O3. The molecule has 3 atom stereocenters. The number of rotatable bonds is 3. The molecule has 1 aromatic carbocycles. The Bertz CT molecular complexity index is 672. The minimum atomic E-state index is -0.498. The van der Waals surface area contributed by atoms with Crippen molar-refractivity contribution in [1.29, 1.82) is 0 Å². The maximum Gasteiger partial charge on any atom is 0.410 e. The number of piperidine rings is 1. The van der Waals surface area contributed by atoms with E-state index >= 15 is 0 Å². The minimum absolute atomic E-state index is 0.0506. The van der Waals surface area contributed by atoms with Crippen molar-refractivity contribution in [1.82, 2.24) is 10.2 Å². The summed E-state index contributed by atoms with van der Waals surface area (Å²) in [7, 11) is 0. The molecule has 2 heterocycles. The molecule has 2 fully saturated rings. The molecule has 0 aliphatic carbocycles. The van der Waals surface area contributed by atoms with E-state index < -0.39 is 5.60 Å². The normalized spacial score (nSPS) is 25.1. The molecule has 1 N–H and O–H groups in total. The highest BCUT2D eigenvalue weighted by Gasteiger charge is 2.46. The van der Waals surface area contributed by atoms with Gasteiger partial charge in [-0.15, -0.1) is 0 Å². The van der Waals surface area contributed by atoms with Crippen LogP contribution in [0.25, 0.3) is 0 Å². The van der Waals surface area contributed by atoms with Crippen molar-refractivity contribution in [2.24, 2.45) is 5.92 Å². The van der Waals surface area contributed by atoms with Gasteiger partial charge < -0.3 is 15.0 Å². The Morgan fingerprint density at radius 3 is 2.46 bits per heavy atom. The zero-order chi connectivity index (χ0) is 18.9. The standard InChI is InChI=1S/C20H27ClN2O3/c1-20(2,3)26-19(25)23-16-7-8-17(23)11-14(10-16)18(24)22-12-13-5-4-6-15(21)9-13/h4-6,9,14,16-17H,7-8,10-12H2,1-3H3,(H,22,24)/t14-,16-,17+. The highest BCUT2D eigenvalue weighted by atomic mass is 35.5. The van der Waals surface area contributed by atoms with E-state index in [1.54, 1.807) is 0 Å². The first-order chi connectivity index (χ1) is 12.2. The van der Waals surface area contributed by atoms with Gasteiger partial charge in [0, 0.05) is 29.6 Å². The summed E-state index contributed by atoms with van der Waals surface area (Å²) in [5, 5.41) is 3.68. The molecule has 2 amide bonds. The molecular weight excluding hydrogens is 352 g/mol. The number of carbonyl (C=O) groups excluding carboxylic acids is 2. The number of hydrogen-bond acceptors (Lipinski definition) is 3. The van der Waals surface area contributed by atoms with Crippen molar-refractivity contribution in [3.63, 3.8) is 0 Å². The third-order valence-electron chi connectivity index (χ3n) is 5.06. The predicted octanol–water partition coefficient (Wildman–Crippen LogP) is 4.13. The lowest BCUT2D eigenvalue weighted by Crippen LogP contribution is -2.50. The van der Waals surface area contributed by atoms with Gasteiger partial charge in [-0.2, -0.15) is 0 Å². The predicted molar refractivity (Wildman–Crippen MR) is 101 cm³/mol. The third kappa shape index (κ3) is 4.50.